The van der Waals surface area contributed by atoms with Gasteiger partial charge in [0.15, 0.2) is 5.82 Å². The van der Waals surface area contributed by atoms with E-state index in [4.69, 9.17) is 10.3 Å². The van der Waals surface area contributed by atoms with Crippen LogP contribution in [0.1, 0.15) is 37.6 Å². The van der Waals surface area contributed by atoms with Crippen molar-refractivity contribution >= 4 is 0 Å². The van der Waals surface area contributed by atoms with E-state index in [0.29, 0.717) is 18.4 Å². The lowest BCUT2D eigenvalue weighted by Crippen LogP contribution is -2.02. The zero-order chi connectivity index (χ0) is 13.0. The second kappa shape index (κ2) is 5.78. The molecule has 0 aliphatic rings. The van der Waals surface area contributed by atoms with Crippen LogP contribution >= 0.6 is 0 Å². The molecular formula is C14H19N3O. The summed E-state index contributed by atoms with van der Waals surface area (Å²) in [5, 5.41) is 4.02. The number of rotatable bonds is 5. The molecule has 1 atom stereocenters. The fourth-order valence-electron chi connectivity index (χ4n) is 1.72. The fourth-order valence-corrected chi connectivity index (χ4v) is 1.72. The molecule has 2 aromatic rings. The predicted octanol–water partition coefficient (Wildman–Crippen LogP) is 2.75. The average Bonchev–Trinajstić information content (AvgIpc) is 2.89. The van der Waals surface area contributed by atoms with Gasteiger partial charge in [-0.2, -0.15) is 4.98 Å². The number of benzene rings is 1. The van der Waals surface area contributed by atoms with E-state index in [1.165, 1.54) is 5.56 Å². The van der Waals surface area contributed by atoms with Gasteiger partial charge in [0.1, 0.15) is 0 Å². The normalized spacial score (nSPS) is 12.6. The van der Waals surface area contributed by atoms with Gasteiger partial charge in [-0.1, -0.05) is 31.1 Å². The van der Waals surface area contributed by atoms with Crippen molar-refractivity contribution in [3.05, 3.63) is 35.7 Å². The van der Waals surface area contributed by atoms with E-state index >= 15 is 0 Å². The molecule has 0 radical (unpaired) electrons. The van der Waals surface area contributed by atoms with E-state index in [0.717, 1.165) is 24.2 Å². The third kappa shape index (κ3) is 2.76. The van der Waals surface area contributed by atoms with Crippen LogP contribution in [0.3, 0.4) is 0 Å². The molecule has 1 unspecified atom stereocenters. The van der Waals surface area contributed by atoms with E-state index in [9.17, 15) is 0 Å². The number of nitrogens with zero attached hydrogens (tertiary/aromatic N) is 2. The van der Waals surface area contributed by atoms with Gasteiger partial charge in [0.2, 0.25) is 0 Å². The van der Waals surface area contributed by atoms with Crippen LogP contribution in [0.25, 0.3) is 11.5 Å². The fraction of sp³-hybridized carbons (Fsp3) is 0.429. The summed E-state index contributed by atoms with van der Waals surface area (Å²) in [6.07, 6.45) is 1.90. The van der Waals surface area contributed by atoms with Gasteiger partial charge in [-0.25, -0.2) is 0 Å². The highest BCUT2D eigenvalue weighted by Gasteiger charge is 2.13. The van der Waals surface area contributed by atoms with Gasteiger partial charge in [-0.3, -0.25) is 0 Å². The molecule has 96 valence electrons. The molecule has 0 fully saturated rings. The minimum atomic E-state index is 0.332. The third-order valence-electron chi connectivity index (χ3n) is 3.13. The maximum atomic E-state index is 5.52. The first kappa shape index (κ1) is 12.8. The summed E-state index contributed by atoms with van der Waals surface area (Å²) < 4.78 is 5.29. The van der Waals surface area contributed by atoms with Crippen LogP contribution in [0.4, 0.5) is 0 Å². The molecule has 4 heteroatoms. The van der Waals surface area contributed by atoms with E-state index in [1.54, 1.807) is 0 Å². The number of hydrogen-bond acceptors (Lipinski definition) is 4. The summed E-state index contributed by atoms with van der Waals surface area (Å²) in [7, 11) is 0. The van der Waals surface area contributed by atoms with Crippen LogP contribution in [0.5, 0.6) is 0 Å². The zero-order valence-corrected chi connectivity index (χ0v) is 10.9. The summed E-state index contributed by atoms with van der Waals surface area (Å²) in [6, 6.07) is 8.10. The first-order chi connectivity index (χ1) is 8.74. The minimum absolute atomic E-state index is 0.332. The topological polar surface area (TPSA) is 64.9 Å². The van der Waals surface area contributed by atoms with Crippen molar-refractivity contribution in [2.75, 3.05) is 6.54 Å². The molecule has 2 rings (SSSR count). The van der Waals surface area contributed by atoms with Crippen LogP contribution < -0.4 is 5.73 Å². The molecule has 0 saturated heterocycles. The Morgan fingerprint density at radius 1 is 1.28 bits per heavy atom. The molecule has 1 aromatic heterocycles. The monoisotopic (exact) mass is 245 g/mol. The second-order valence-electron chi connectivity index (χ2n) is 4.50. The summed E-state index contributed by atoms with van der Waals surface area (Å²) in [5.41, 5.74) is 7.70. The molecule has 1 aromatic carbocycles. The number of nitrogens with two attached hydrogens (primary N) is 1. The standard InChI is InChI=1S/C14H19N3O/c1-3-10(2)13-16-14(18-17-13)12-6-4-11(5-7-12)8-9-15/h4-7,10H,3,8-9,15H2,1-2H3. The van der Waals surface area contributed by atoms with Crippen LogP contribution in [-0.2, 0) is 6.42 Å². The smallest absolute Gasteiger partial charge is 0.257 e. The van der Waals surface area contributed by atoms with Gasteiger partial charge in [-0.15, -0.1) is 0 Å². The van der Waals surface area contributed by atoms with Crippen LogP contribution in [0, 0.1) is 0 Å². The van der Waals surface area contributed by atoms with Crippen LogP contribution in [-0.4, -0.2) is 16.7 Å². The highest BCUT2D eigenvalue weighted by molar-refractivity contribution is 5.53. The van der Waals surface area contributed by atoms with Crippen LogP contribution in [0.2, 0.25) is 0 Å². The predicted molar refractivity (Wildman–Crippen MR) is 71.2 cm³/mol. The van der Waals surface area contributed by atoms with Crippen molar-refractivity contribution in [1.29, 1.82) is 0 Å². The Kier molecular flexibility index (Phi) is 4.10. The van der Waals surface area contributed by atoms with Crippen molar-refractivity contribution in [3.63, 3.8) is 0 Å². The maximum absolute atomic E-state index is 5.52. The molecule has 0 aliphatic carbocycles. The largest absolute Gasteiger partial charge is 0.334 e. The molecule has 0 aliphatic heterocycles. The van der Waals surface area contributed by atoms with Gasteiger partial charge in [0.05, 0.1) is 0 Å². The Bertz CT molecular complexity index is 490. The van der Waals surface area contributed by atoms with Gasteiger partial charge in [0, 0.05) is 11.5 Å². The Morgan fingerprint density at radius 3 is 2.61 bits per heavy atom. The first-order valence-electron chi connectivity index (χ1n) is 6.37. The molecule has 2 N–H and O–H groups in total. The maximum Gasteiger partial charge on any atom is 0.257 e. The van der Waals surface area contributed by atoms with E-state index in [-0.39, 0.29) is 0 Å². The Balaban J connectivity index is 2.18. The minimum Gasteiger partial charge on any atom is -0.334 e. The molecule has 18 heavy (non-hydrogen) atoms. The van der Waals surface area contributed by atoms with Gasteiger partial charge >= 0.3 is 0 Å². The molecule has 0 amide bonds. The van der Waals surface area contributed by atoms with Gasteiger partial charge in [-0.05, 0) is 37.1 Å². The quantitative estimate of drug-likeness (QED) is 0.879. The molecule has 1 heterocycles. The van der Waals surface area contributed by atoms with Gasteiger partial charge in [0.25, 0.3) is 5.89 Å². The van der Waals surface area contributed by atoms with Crippen molar-refractivity contribution in [2.45, 2.75) is 32.6 Å². The summed E-state index contributed by atoms with van der Waals surface area (Å²) in [4.78, 5) is 4.42. The summed E-state index contributed by atoms with van der Waals surface area (Å²) >= 11 is 0. The van der Waals surface area contributed by atoms with Gasteiger partial charge < -0.3 is 10.3 Å². The summed E-state index contributed by atoms with van der Waals surface area (Å²) in [5.74, 6) is 1.70. The van der Waals surface area contributed by atoms with Crippen molar-refractivity contribution in [3.8, 4) is 11.5 Å². The molecule has 0 bridgehead atoms. The second-order valence-corrected chi connectivity index (χ2v) is 4.50. The van der Waals surface area contributed by atoms with E-state index < -0.39 is 0 Å². The lowest BCUT2D eigenvalue weighted by atomic mass is 10.1. The van der Waals surface area contributed by atoms with Crippen molar-refractivity contribution in [2.24, 2.45) is 5.73 Å². The lowest BCUT2D eigenvalue weighted by molar-refractivity contribution is 0.416. The number of aromatic nitrogens is 2. The highest BCUT2D eigenvalue weighted by Crippen LogP contribution is 2.21. The van der Waals surface area contributed by atoms with E-state index in [2.05, 4.69) is 36.1 Å². The molecule has 0 spiro atoms. The molecule has 4 nitrogen and oxygen atoms in total. The first-order valence-corrected chi connectivity index (χ1v) is 6.37. The van der Waals surface area contributed by atoms with Crippen molar-refractivity contribution < 1.29 is 4.52 Å². The number of hydrogen-bond donors (Lipinski definition) is 1. The Hall–Kier alpha value is -1.68. The lowest BCUT2D eigenvalue weighted by Gasteiger charge is -2.00. The Labute approximate surface area is 107 Å². The SMILES string of the molecule is CCC(C)c1noc(-c2ccc(CCN)cc2)n1. The third-order valence-corrected chi connectivity index (χ3v) is 3.13. The zero-order valence-electron chi connectivity index (χ0n) is 10.9. The van der Waals surface area contributed by atoms with Crippen LogP contribution in [0.15, 0.2) is 28.8 Å². The Morgan fingerprint density at radius 2 is 2.00 bits per heavy atom. The van der Waals surface area contributed by atoms with E-state index in [1.807, 2.05) is 12.1 Å². The summed E-state index contributed by atoms with van der Waals surface area (Å²) in [6.45, 7) is 4.87. The van der Waals surface area contributed by atoms with Crippen molar-refractivity contribution in [1.82, 2.24) is 10.1 Å². The molecule has 0 saturated carbocycles. The molecular weight excluding hydrogens is 226 g/mol. The average molecular weight is 245 g/mol. The highest BCUT2D eigenvalue weighted by atomic mass is 16.5.